The molecule has 126 valence electrons. The maximum atomic E-state index is 11.4. The highest BCUT2D eigenvalue weighted by Crippen LogP contribution is 2.36. The van der Waals surface area contributed by atoms with E-state index in [0.717, 1.165) is 27.1 Å². The second-order valence-corrected chi connectivity index (χ2v) is 5.93. The van der Waals surface area contributed by atoms with E-state index in [1.807, 2.05) is 48.5 Å². The topological polar surface area (TPSA) is 87.5 Å². The number of pyridine rings is 1. The van der Waals surface area contributed by atoms with Gasteiger partial charge in [-0.2, -0.15) is 0 Å². The fraction of sp³-hybridized carbons (Fsp3) is 0. The molecule has 0 saturated heterocycles. The van der Waals surface area contributed by atoms with Crippen molar-refractivity contribution in [3.8, 4) is 11.1 Å². The van der Waals surface area contributed by atoms with E-state index in [2.05, 4.69) is 11.1 Å². The number of hydrogen-bond donors (Lipinski definition) is 2. The van der Waals surface area contributed by atoms with Crippen molar-refractivity contribution in [2.75, 3.05) is 0 Å². The molecular weight excluding hydrogens is 330 g/mol. The molecule has 5 heteroatoms. The van der Waals surface area contributed by atoms with E-state index in [0.29, 0.717) is 5.56 Å². The van der Waals surface area contributed by atoms with E-state index in [9.17, 15) is 19.8 Å². The molecular formula is C21H13NO4. The van der Waals surface area contributed by atoms with E-state index in [-0.39, 0.29) is 11.4 Å². The van der Waals surface area contributed by atoms with Gasteiger partial charge in [0.15, 0.2) is 0 Å². The van der Waals surface area contributed by atoms with Crippen LogP contribution in [0.2, 0.25) is 0 Å². The number of carbonyl (C=O) groups is 2. The van der Waals surface area contributed by atoms with Gasteiger partial charge in [0.25, 0.3) is 0 Å². The molecule has 0 spiro atoms. The average Bonchev–Trinajstić information content (AvgIpc) is 2.65. The zero-order valence-electron chi connectivity index (χ0n) is 13.5. The summed E-state index contributed by atoms with van der Waals surface area (Å²) in [4.78, 5) is 26.6. The number of fused-ring (bicyclic) bond motifs is 2. The first-order valence-electron chi connectivity index (χ1n) is 7.94. The number of rotatable bonds is 3. The van der Waals surface area contributed by atoms with Crippen molar-refractivity contribution in [3.63, 3.8) is 0 Å². The largest absolute Gasteiger partial charge is 0.477 e. The highest BCUT2D eigenvalue weighted by atomic mass is 16.4. The number of aromatic nitrogens is 1. The predicted molar refractivity (Wildman–Crippen MR) is 98.6 cm³/mol. The van der Waals surface area contributed by atoms with E-state index in [4.69, 9.17) is 0 Å². The highest BCUT2D eigenvalue weighted by Gasteiger charge is 2.17. The Morgan fingerprint density at radius 1 is 0.692 bits per heavy atom. The van der Waals surface area contributed by atoms with Crippen molar-refractivity contribution in [3.05, 3.63) is 78.1 Å². The van der Waals surface area contributed by atoms with Crippen LogP contribution in [0.3, 0.4) is 0 Å². The fourth-order valence-corrected chi connectivity index (χ4v) is 3.22. The molecule has 0 aliphatic rings. The SMILES string of the molecule is O=C(O)c1cc(-c2c3ccccc3cc3ccccc23)cc(C(=O)O)n1. The first kappa shape index (κ1) is 15.8. The molecule has 0 fully saturated rings. The fourth-order valence-electron chi connectivity index (χ4n) is 3.22. The van der Waals surface area contributed by atoms with Gasteiger partial charge >= 0.3 is 11.9 Å². The molecule has 0 aliphatic carbocycles. The molecule has 0 bridgehead atoms. The Kier molecular flexibility index (Phi) is 3.62. The van der Waals surface area contributed by atoms with Crippen LogP contribution in [0.25, 0.3) is 32.7 Å². The number of aromatic carboxylic acids is 2. The van der Waals surface area contributed by atoms with Crippen LogP contribution < -0.4 is 0 Å². The van der Waals surface area contributed by atoms with Crippen LogP contribution >= 0.6 is 0 Å². The quantitative estimate of drug-likeness (QED) is 0.537. The molecule has 0 amide bonds. The molecule has 0 unspecified atom stereocenters. The van der Waals surface area contributed by atoms with Crippen molar-refractivity contribution < 1.29 is 19.8 Å². The maximum absolute atomic E-state index is 11.4. The second kappa shape index (κ2) is 5.97. The van der Waals surface area contributed by atoms with Crippen LogP contribution in [-0.4, -0.2) is 27.1 Å². The average molecular weight is 343 g/mol. The van der Waals surface area contributed by atoms with Gasteiger partial charge in [0.1, 0.15) is 11.4 Å². The Morgan fingerprint density at radius 2 is 1.15 bits per heavy atom. The minimum absolute atomic E-state index is 0.295. The molecule has 0 atom stereocenters. The van der Waals surface area contributed by atoms with Gasteiger partial charge in [0.05, 0.1) is 0 Å². The third-order valence-corrected chi connectivity index (χ3v) is 4.32. The minimum atomic E-state index is -1.26. The lowest BCUT2D eigenvalue weighted by Gasteiger charge is -2.13. The van der Waals surface area contributed by atoms with Gasteiger partial charge in [-0.05, 0) is 50.9 Å². The van der Waals surface area contributed by atoms with Gasteiger partial charge in [0, 0.05) is 0 Å². The van der Waals surface area contributed by atoms with Gasteiger partial charge in [-0.3, -0.25) is 0 Å². The van der Waals surface area contributed by atoms with Gasteiger partial charge in [-0.25, -0.2) is 14.6 Å². The normalized spacial score (nSPS) is 10.9. The van der Waals surface area contributed by atoms with Crippen molar-refractivity contribution in [2.24, 2.45) is 0 Å². The van der Waals surface area contributed by atoms with Gasteiger partial charge < -0.3 is 10.2 Å². The smallest absolute Gasteiger partial charge is 0.354 e. The first-order valence-corrected chi connectivity index (χ1v) is 7.94. The summed E-state index contributed by atoms with van der Waals surface area (Å²) in [6.45, 7) is 0. The molecule has 3 aromatic carbocycles. The third-order valence-electron chi connectivity index (χ3n) is 4.32. The van der Waals surface area contributed by atoms with Crippen LogP contribution in [0, 0.1) is 0 Å². The monoisotopic (exact) mass is 343 g/mol. The van der Waals surface area contributed by atoms with E-state index in [1.165, 1.54) is 12.1 Å². The van der Waals surface area contributed by atoms with Crippen molar-refractivity contribution in [2.45, 2.75) is 0 Å². The lowest BCUT2D eigenvalue weighted by atomic mass is 9.92. The Bertz CT molecular complexity index is 1110. The Labute approximate surface area is 148 Å². The molecule has 2 N–H and O–H groups in total. The zero-order valence-corrected chi connectivity index (χ0v) is 13.5. The Morgan fingerprint density at radius 3 is 1.62 bits per heavy atom. The zero-order chi connectivity index (χ0) is 18.3. The van der Waals surface area contributed by atoms with Crippen LogP contribution in [0.5, 0.6) is 0 Å². The number of carboxylic acid groups (broad SMARTS) is 2. The number of carboxylic acids is 2. The van der Waals surface area contributed by atoms with E-state index in [1.54, 1.807) is 0 Å². The Balaban J connectivity index is 2.16. The molecule has 4 rings (SSSR count). The molecule has 0 saturated carbocycles. The summed E-state index contributed by atoms with van der Waals surface area (Å²) >= 11 is 0. The molecule has 0 radical (unpaired) electrons. The van der Waals surface area contributed by atoms with E-state index >= 15 is 0 Å². The summed E-state index contributed by atoms with van der Waals surface area (Å²) in [7, 11) is 0. The summed E-state index contributed by atoms with van der Waals surface area (Å²) < 4.78 is 0. The molecule has 5 nitrogen and oxygen atoms in total. The summed E-state index contributed by atoms with van der Waals surface area (Å²) in [5.41, 5.74) is 0.725. The van der Waals surface area contributed by atoms with Crippen LogP contribution in [0.15, 0.2) is 66.7 Å². The predicted octanol–water partition coefficient (Wildman–Crippen LogP) is 4.45. The lowest BCUT2D eigenvalue weighted by molar-refractivity contribution is 0.0685. The first-order chi connectivity index (χ1) is 12.5. The van der Waals surface area contributed by atoms with Crippen LogP contribution in [0.1, 0.15) is 21.0 Å². The number of benzene rings is 3. The molecule has 1 aromatic heterocycles. The molecule has 26 heavy (non-hydrogen) atoms. The van der Waals surface area contributed by atoms with Gasteiger partial charge in [-0.15, -0.1) is 0 Å². The van der Waals surface area contributed by atoms with Gasteiger partial charge in [0.2, 0.25) is 0 Å². The Hall–Kier alpha value is -3.73. The molecule has 1 heterocycles. The van der Waals surface area contributed by atoms with Crippen molar-refractivity contribution >= 4 is 33.5 Å². The highest BCUT2D eigenvalue weighted by molar-refractivity contribution is 6.13. The summed E-state index contributed by atoms with van der Waals surface area (Å²) in [5.74, 6) is -2.53. The molecule has 0 aliphatic heterocycles. The van der Waals surface area contributed by atoms with Gasteiger partial charge in [-0.1, -0.05) is 48.5 Å². The van der Waals surface area contributed by atoms with E-state index < -0.39 is 11.9 Å². The molecule has 4 aromatic rings. The summed E-state index contributed by atoms with van der Waals surface area (Å²) in [5, 5.41) is 22.5. The minimum Gasteiger partial charge on any atom is -0.477 e. The van der Waals surface area contributed by atoms with Crippen molar-refractivity contribution in [1.29, 1.82) is 0 Å². The third kappa shape index (κ3) is 2.56. The van der Waals surface area contributed by atoms with Crippen LogP contribution in [0.4, 0.5) is 0 Å². The van der Waals surface area contributed by atoms with Crippen LogP contribution in [-0.2, 0) is 0 Å². The number of hydrogen-bond acceptors (Lipinski definition) is 3. The summed E-state index contributed by atoms with van der Waals surface area (Å²) in [6.07, 6.45) is 0. The van der Waals surface area contributed by atoms with Crippen molar-refractivity contribution in [1.82, 2.24) is 4.98 Å². The maximum Gasteiger partial charge on any atom is 0.354 e. The second-order valence-electron chi connectivity index (χ2n) is 5.93. The standard InChI is InChI=1S/C21H13NO4/c23-20(24)17-10-14(11-18(22-17)21(25)26)19-15-7-3-1-5-12(15)9-13-6-2-4-8-16(13)19/h1-11H,(H,23,24)(H,25,26). The summed E-state index contributed by atoms with van der Waals surface area (Å²) in [6, 6.07) is 20.4. The number of nitrogens with zero attached hydrogens (tertiary/aromatic N) is 1. The lowest BCUT2D eigenvalue weighted by Crippen LogP contribution is -2.08.